The van der Waals surface area contributed by atoms with E-state index in [-0.39, 0.29) is 5.78 Å². The molecule has 0 saturated heterocycles. The van der Waals surface area contributed by atoms with Gasteiger partial charge in [-0.05, 0) is 37.1 Å². The minimum atomic E-state index is -0.0906. The molecular weight excluding hydrogens is 268 g/mol. The zero-order valence-corrected chi connectivity index (χ0v) is 12.4. The van der Waals surface area contributed by atoms with E-state index in [1.807, 2.05) is 13.8 Å². The van der Waals surface area contributed by atoms with E-state index >= 15 is 0 Å². The Balaban J connectivity index is 2.25. The molecule has 0 bridgehead atoms. The second-order valence-electron chi connectivity index (χ2n) is 4.70. The number of rotatable bonds is 8. The van der Waals surface area contributed by atoms with Gasteiger partial charge in [0.05, 0.1) is 25.0 Å². The van der Waals surface area contributed by atoms with Gasteiger partial charge in [-0.25, -0.2) is 0 Å². The third-order valence-corrected chi connectivity index (χ3v) is 2.91. The van der Waals surface area contributed by atoms with Crippen LogP contribution in [0.2, 0.25) is 0 Å². The van der Waals surface area contributed by atoms with E-state index in [0.29, 0.717) is 35.8 Å². The van der Waals surface area contributed by atoms with Gasteiger partial charge in [0.1, 0.15) is 6.26 Å². The molecule has 0 aliphatic heterocycles. The Labute approximate surface area is 124 Å². The van der Waals surface area contributed by atoms with Gasteiger partial charge in [0, 0.05) is 5.56 Å². The Morgan fingerprint density at radius 1 is 1.00 bits per heavy atom. The first-order valence-electron chi connectivity index (χ1n) is 7.22. The lowest BCUT2D eigenvalue weighted by molar-refractivity contribution is 0.103. The smallest absolute Gasteiger partial charge is 0.196 e. The summed E-state index contributed by atoms with van der Waals surface area (Å²) in [5.74, 6) is 1.20. The van der Waals surface area contributed by atoms with Crippen molar-refractivity contribution in [3.8, 4) is 11.5 Å². The van der Waals surface area contributed by atoms with Crippen LogP contribution in [-0.4, -0.2) is 19.0 Å². The molecule has 0 amide bonds. The van der Waals surface area contributed by atoms with E-state index < -0.39 is 0 Å². The van der Waals surface area contributed by atoms with Crippen molar-refractivity contribution in [3.05, 3.63) is 47.9 Å². The molecule has 0 aliphatic rings. The lowest BCUT2D eigenvalue weighted by Gasteiger charge is -2.13. The molecule has 0 N–H and O–H groups in total. The van der Waals surface area contributed by atoms with E-state index in [1.165, 1.54) is 12.5 Å². The maximum atomic E-state index is 12.3. The van der Waals surface area contributed by atoms with Crippen LogP contribution in [0.1, 0.15) is 42.6 Å². The first-order chi connectivity index (χ1) is 10.3. The van der Waals surface area contributed by atoms with E-state index in [9.17, 15) is 4.79 Å². The summed E-state index contributed by atoms with van der Waals surface area (Å²) in [7, 11) is 0. The van der Waals surface area contributed by atoms with Gasteiger partial charge in [0.2, 0.25) is 0 Å². The summed E-state index contributed by atoms with van der Waals surface area (Å²) >= 11 is 0. The van der Waals surface area contributed by atoms with Gasteiger partial charge in [-0.15, -0.1) is 0 Å². The molecule has 0 saturated carbocycles. The predicted octanol–water partition coefficient (Wildman–Crippen LogP) is 4.09. The average molecular weight is 288 g/mol. The molecule has 0 radical (unpaired) electrons. The SMILES string of the molecule is CCCOc1ccc(C(=O)c2ccoc2)cc1OCCC. The van der Waals surface area contributed by atoms with Crippen LogP contribution < -0.4 is 9.47 Å². The number of carbonyl (C=O) groups excluding carboxylic acids is 1. The Bertz CT molecular complexity index is 572. The Kier molecular flexibility index (Phi) is 5.43. The third kappa shape index (κ3) is 3.88. The molecule has 1 aromatic heterocycles. The fraction of sp³-hybridized carbons (Fsp3) is 0.353. The van der Waals surface area contributed by atoms with Gasteiger partial charge in [-0.3, -0.25) is 4.79 Å². The number of ketones is 1. The number of hydrogen-bond acceptors (Lipinski definition) is 4. The Morgan fingerprint density at radius 3 is 2.33 bits per heavy atom. The highest BCUT2D eigenvalue weighted by Gasteiger charge is 2.14. The Morgan fingerprint density at radius 2 is 1.71 bits per heavy atom. The van der Waals surface area contributed by atoms with Crippen LogP contribution in [0, 0.1) is 0 Å². The van der Waals surface area contributed by atoms with E-state index in [4.69, 9.17) is 13.9 Å². The Hall–Kier alpha value is -2.23. The number of ether oxygens (including phenoxy) is 2. The molecular formula is C17H20O4. The maximum Gasteiger partial charge on any atom is 0.196 e. The molecule has 1 heterocycles. The van der Waals surface area contributed by atoms with Crippen LogP contribution in [0.25, 0.3) is 0 Å². The van der Waals surface area contributed by atoms with Crippen LogP contribution in [0.5, 0.6) is 11.5 Å². The third-order valence-electron chi connectivity index (χ3n) is 2.91. The van der Waals surface area contributed by atoms with Crippen molar-refractivity contribution >= 4 is 5.78 Å². The van der Waals surface area contributed by atoms with Gasteiger partial charge in [-0.2, -0.15) is 0 Å². The molecule has 0 fully saturated rings. The van der Waals surface area contributed by atoms with Crippen molar-refractivity contribution in [2.75, 3.05) is 13.2 Å². The lowest BCUT2D eigenvalue weighted by atomic mass is 10.1. The quantitative estimate of drug-likeness (QED) is 0.686. The number of hydrogen-bond donors (Lipinski definition) is 0. The van der Waals surface area contributed by atoms with Crippen LogP contribution in [0.3, 0.4) is 0 Å². The molecule has 4 heteroatoms. The fourth-order valence-electron chi connectivity index (χ4n) is 1.87. The van der Waals surface area contributed by atoms with E-state index in [1.54, 1.807) is 24.3 Å². The lowest BCUT2D eigenvalue weighted by Crippen LogP contribution is -2.04. The predicted molar refractivity (Wildman–Crippen MR) is 80.2 cm³/mol. The minimum absolute atomic E-state index is 0.0906. The molecule has 2 aromatic rings. The van der Waals surface area contributed by atoms with Crippen molar-refractivity contribution in [1.82, 2.24) is 0 Å². The minimum Gasteiger partial charge on any atom is -0.490 e. The standard InChI is InChI=1S/C17H20O4/c1-3-8-20-15-6-5-13(11-16(15)21-9-4-2)17(18)14-7-10-19-12-14/h5-7,10-12H,3-4,8-9H2,1-2H3. The van der Waals surface area contributed by atoms with E-state index in [0.717, 1.165) is 12.8 Å². The van der Waals surface area contributed by atoms with Gasteiger partial charge in [0.25, 0.3) is 0 Å². The van der Waals surface area contributed by atoms with Crippen LogP contribution in [0.15, 0.2) is 41.2 Å². The van der Waals surface area contributed by atoms with Gasteiger partial charge in [0.15, 0.2) is 17.3 Å². The summed E-state index contributed by atoms with van der Waals surface area (Å²) in [6, 6.07) is 6.92. The van der Waals surface area contributed by atoms with Crippen molar-refractivity contribution in [1.29, 1.82) is 0 Å². The molecule has 0 atom stereocenters. The fourth-order valence-corrected chi connectivity index (χ4v) is 1.87. The summed E-state index contributed by atoms with van der Waals surface area (Å²) in [4.78, 5) is 12.3. The summed E-state index contributed by atoms with van der Waals surface area (Å²) in [5, 5.41) is 0. The molecule has 2 rings (SSSR count). The molecule has 112 valence electrons. The van der Waals surface area contributed by atoms with E-state index in [2.05, 4.69) is 0 Å². The molecule has 0 aliphatic carbocycles. The molecule has 0 unspecified atom stereocenters. The van der Waals surface area contributed by atoms with Crippen molar-refractivity contribution in [2.45, 2.75) is 26.7 Å². The van der Waals surface area contributed by atoms with Crippen LogP contribution in [-0.2, 0) is 0 Å². The van der Waals surface area contributed by atoms with Gasteiger partial charge >= 0.3 is 0 Å². The summed E-state index contributed by atoms with van der Waals surface area (Å²) in [6.45, 7) is 5.29. The van der Waals surface area contributed by atoms with Gasteiger partial charge < -0.3 is 13.9 Å². The van der Waals surface area contributed by atoms with Crippen molar-refractivity contribution in [3.63, 3.8) is 0 Å². The number of carbonyl (C=O) groups is 1. The highest BCUT2D eigenvalue weighted by molar-refractivity contribution is 6.09. The molecule has 21 heavy (non-hydrogen) atoms. The topological polar surface area (TPSA) is 48.7 Å². The molecule has 1 aromatic carbocycles. The monoisotopic (exact) mass is 288 g/mol. The zero-order chi connectivity index (χ0) is 15.1. The second-order valence-corrected chi connectivity index (χ2v) is 4.70. The second kappa shape index (κ2) is 7.53. The van der Waals surface area contributed by atoms with Crippen molar-refractivity contribution in [2.24, 2.45) is 0 Å². The van der Waals surface area contributed by atoms with Crippen LogP contribution in [0.4, 0.5) is 0 Å². The molecule has 4 nitrogen and oxygen atoms in total. The summed E-state index contributed by atoms with van der Waals surface area (Å²) in [5.41, 5.74) is 1.09. The number of furan rings is 1. The highest BCUT2D eigenvalue weighted by Crippen LogP contribution is 2.29. The highest BCUT2D eigenvalue weighted by atomic mass is 16.5. The first-order valence-corrected chi connectivity index (χ1v) is 7.22. The van der Waals surface area contributed by atoms with Gasteiger partial charge in [-0.1, -0.05) is 13.8 Å². The number of benzene rings is 1. The van der Waals surface area contributed by atoms with Crippen LogP contribution >= 0.6 is 0 Å². The largest absolute Gasteiger partial charge is 0.490 e. The summed E-state index contributed by atoms with van der Waals surface area (Å²) in [6.07, 6.45) is 4.74. The van der Waals surface area contributed by atoms with Crippen molar-refractivity contribution < 1.29 is 18.7 Å². The summed E-state index contributed by atoms with van der Waals surface area (Å²) < 4.78 is 16.3. The zero-order valence-electron chi connectivity index (χ0n) is 12.4. The maximum absolute atomic E-state index is 12.3. The average Bonchev–Trinajstić information content (AvgIpc) is 3.04. The molecule has 0 spiro atoms. The first kappa shape index (κ1) is 15.2. The normalized spacial score (nSPS) is 10.4.